The number of anilines is 2. The summed E-state index contributed by atoms with van der Waals surface area (Å²) < 4.78 is 0. The number of fused-ring (bicyclic) bond motifs is 1. The van der Waals surface area contributed by atoms with Crippen molar-refractivity contribution in [3.8, 4) is 5.75 Å². The molecule has 3 heterocycles. The fourth-order valence-electron chi connectivity index (χ4n) is 3.56. The van der Waals surface area contributed by atoms with Crippen LogP contribution < -0.4 is 10.2 Å². The van der Waals surface area contributed by atoms with Gasteiger partial charge in [-0.3, -0.25) is 9.88 Å². The Hall–Kier alpha value is -2.57. The van der Waals surface area contributed by atoms with Gasteiger partial charge < -0.3 is 15.3 Å². The first kappa shape index (κ1) is 17.8. The van der Waals surface area contributed by atoms with Crippen LogP contribution in [-0.2, 0) is 6.54 Å². The molecule has 0 radical (unpaired) electrons. The van der Waals surface area contributed by atoms with E-state index in [1.54, 1.807) is 6.20 Å². The first-order valence-corrected chi connectivity index (χ1v) is 9.40. The molecule has 0 atom stereocenters. The second kappa shape index (κ2) is 7.58. The molecular weight excluding hydrogens is 362 g/mol. The summed E-state index contributed by atoms with van der Waals surface area (Å²) in [4.78, 5) is 13.4. The van der Waals surface area contributed by atoms with Gasteiger partial charge in [-0.05, 0) is 30.3 Å². The lowest BCUT2D eigenvalue weighted by Crippen LogP contribution is -2.46. The van der Waals surface area contributed by atoms with E-state index in [0.29, 0.717) is 17.1 Å². The number of pyridine rings is 2. The topological polar surface area (TPSA) is 64.5 Å². The number of hydrogen-bond acceptors (Lipinski definition) is 6. The molecule has 0 bridgehead atoms. The van der Waals surface area contributed by atoms with Crippen molar-refractivity contribution < 1.29 is 5.11 Å². The zero-order valence-corrected chi connectivity index (χ0v) is 15.9. The maximum atomic E-state index is 10.6. The van der Waals surface area contributed by atoms with Crippen LogP contribution in [0.15, 0.2) is 42.7 Å². The average molecular weight is 384 g/mol. The monoisotopic (exact) mass is 383 g/mol. The fraction of sp³-hybridized carbons (Fsp3) is 0.300. The fourth-order valence-corrected chi connectivity index (χ4v) is 3.85. The number of nitrogens with one attached hydrogen (secondary N) is 1. The van der Waals surface area contributed by atoms with E-state index in [0.717, 1.165) is 48.6 Å². The molecule has 1 aliphatic heterocycles. The minimum Gasteiger partial charge on any atom is -0.505 e. The maximum absolute atomic E-state index is 10.6. The predicted octanol–water partition coefficient (Wildman–Crippen LogP) is 3.35. The molecule has 1 aliphatic rings. The molecule has 1 fully saturated rings. The lowest BCUT2D eigenvalue weighted by atomic mass is 10.1. The minimum absolute atomic E-state index is 0.222. The third kappa shape index (κ3) is 3.50. The van der Waals surface area contributed by atoms with Crippen molar-refractivity contribution in [1.82, 2.24) is 14.9 Å². The molecule has 0 spiro atoms. The largest absolute Gasteiger partial charge is 0.505 e. The second-order valence-corrected chi connectivity index (χ2v) is 7.06. The summed E-state index contributed by atoms with van der Waals surface area (Å²) in [7, 11) is 1.91. The summed E-state index contributed by atoms with van der Waals surface area (Å²) in [5.74, 6) is 1.21. The van der Waals surface area contributed by atoms with Gasteiger partial charge in [0.1, 0.15) is 11.3 Å². The zero-order valence-electron chi connectivity index (χ0n) is 15.2. The lowest BCUT2D eigenvalue weighted by molar-refractivity contribution is 0.246. The number of nitrogens with zero attached hydrogens (tertiary/aromatic N) is 4. The molecule has 0 aliphatic carbocycles. The first-order chi connectivity index (χ1) is 13.2. The third-order valence-electron chi connectivity index (χ3n) is 5.02. The van der Waals surface area contributed by atoms with Crippen molar-refractivity contribution in [2.45, 2.75) is 6.54 Å². The molecule has 3 aromatic rings. The Morgan fingerprint density at radius 1 is 1.11 bits per heavy atom. The number of phenolic OH excluding ortho intramolecular Hbond substituents is 1. The average Bonchev–Trinajstić information content (AvgIpc) is 2.72. The second-order valence-electron chi connectivity index (χ2n) is 6.65. The maximum Gasteiger partial charge on any atom is 0.152 e. The molecule has 2 N–H and O–H groups in total. The highest BCUT2D eigenvalue weighted by molar-refractivity contribution is 6.35. The van der Waals surface area contributed by atoms with E-state index in [1.807, 2.05) is 43.6 Å². The molecule has 4 rings (SSSR count). The Kier molecular flexibility index (Phi) is 5.01. The number of hydrogen-bond donors (Lipinski definition) is 2. The summed E-state index contributed by atoms with van der Waals surface area (Å²) in [5.41, 5.74) is 2.41. The number of phenols is 1. The highest BCUT2D eigenvalue weighted by Gasteiger charge is 2.21. The minimum atomic E-state index is 0.222. The summed E-state index contributed by atoms with van der Waals surface area (Å²) >= 11 is 6.40. The number of rotatable bonds is 4. The zero-order chi connectivity index (χ0) is 18.8. The molecule has 27 heavy (non-hydrogen) atoms. The molecule has 0 unspecified atom stereocenters. The Bertz CT molecular complexity index is 956. The van der Waals surface area contributed by atoms with E-state index in [2.05, 4.69) is 25.1 Å². The van der Waals surface area contributed by atoms with E-state index in [9.17, 15) is 5.11 Å². The molecule has 2 aromatic heterocycles. The first-order valence-electron chi connectivity index (χ1n) is 9.02. The molecule has 0 amide bonds. The third-order valence-corrected chi connectivity index (χ3v) is 5.33. The lowest BCUT2D eigenvalue weighted by Gasteiger charge is -2.36. The standard InChI is InChI=1S/C20H22ClN5O/c1-22-17-5-3-7-24-20(17)26-10-8-25(9-11-26)13-14-12-16(21)15-4-2-6-23-18(15)19(14)27/h2-7,12,22,27H,8-11,13H2,1H3. The number of piperazine rings is 1. The van der Waals surface area contributed by atoms with E-state index in [4.69, 9.17) is 11.6 Å². The van der Waals surface area contributed by atoms with Gasteiger partial charge in [0.2, 0.25) is 0 Å². The number of aromatic hydroxyl groups is 1. The number of benzene rings is 1. The van der Waals surface area contributed by atoms with Crippen LogP contribution in [0.4, 0.5) is 11.5 Å². The Balaban J connectivity index is 1.48. The quantitative estimate of drug-likeness (QED) is 0.720. The van der Waals surface area contributed by atoms with Crippen LogP contribution in [0.25, 0.3) is 10.9 Å². The van der Waals surface area contributed by atoms with E-state index < -0.39 is 0 Å². The smallest absolute Gasteiger partial charge is 0.152 e. The van der Waals surface area contributed by atoms with Crippen LogP contribution in [0, 0.1) is 0 Å². The van der Waals surface area contributed by atoms with Gasteiger partial charge in [0.05, 0.1) is 10.7 Å². The molecular formula is C20H22ClN5O. The van der Waals surface area contributed by atoms with Crippen LogP contribution in [0.1, 0.15) is 5.56 Å². The van der Waals surface area contributed by atoms with Gasteiger partial charge in [-0.1, -0.05) is 11.6 Å². The van der Waals surface area contributed by atoms with Crippen LogP contribution >= 0.6 is 11.6 Å². The van der Waals surface area contributed by atoms with Crippen molar-refractivity contribution in [3.05, 3.63) is 53.3 Å². The van der Waals surface area contributed by atoms with Crippen LogP contribution in [-0.4, -0.2) is 53.2 Å². The van der Waals surface area contributed by atoms with Gasteiger partial charge in [-0.15, -0.1) is 0 Å². The number of halogens is 1. The Morgan fingerprint density at radius 3 is 2.63 bits per heavy atom. The summed E-state index contributed by atoms with van der Waals surface area (Å²) in [6, 6.07) is 9.52. The van der Waals surface area contributed by atoms with Crippen molar-refractivity contribution >= 4 is 34.0 Å². The SMILES string of the molecule is CNc1cccnc1N1CCN(Cc2cc(Cl)c3cccnc3c2O)CC1. The van der Waals surface area contributed by atoms with Crippen molar-refractivity contribution in [1.29, 1.82) is 0 Å². The van der Waals surface area contributed by atoms with E-state index >= 15 is 0 Å². The van der Waals surface area contributed by atoms with Gasteiger partial charge in [0.15, 0.2) is 5.82 Å². The van der Waals surface area contributed by atoms with Gasteiger partial charge in [0, 0.05) is 63.1 Å². The highest BCUT2D eigenvalue weighted by atomic mass is 35.5. The van der Waals surface area contributed by atoms with Gasteiger partial charge >= 0.3 is 0 Å². The van der Waals surface area contributed by atoms with E-state index in [-0.39, 0.29) is 5.75 Å². The number of aromatic nitrogens is 2. The molecule has 140 valence electrons. The van der Waals surface area contributed by atoms with Gasteiger partial charge in [0.25, 0.3) is 0 Å². The van der Waals surface area contributed by atoms with Crippen LogP contribution in [0.5, 0.6) is 5.75 Å². The van der Waals surface area contributed by atoms with Crippen LogP contribution in [0.2, 0.25) is 5.02 Å². The van der Waals surface area contributed by atoms with Gasteiger partial charge in [-0.25, -0.2) is 4.98 Å². The molecule has 1 saturated heterocycles. The molecule has 0 saturated carbocycles. The van der Waals surface area contributed by atoms with Gasteiger partial charge in [-0.2, -0.15) is 0 Å². The highest BCUT2D eigenvalue weighted by Crippen LogP contribution is 2.34. The summed E-state index contributed by atoms with van der Waals surface area (Å²) in [5, 5.41) is 15.2. The van der Waals surface area contributed by atoms with E-state index in [1.165, 1.54) is 0 Å². The van der Waals surface area contributed by atoms with Crippen LogP contribution in [0.3, 0.4) is 0 Å². The summed E-state index contributed by atoms with van der Waals surface area (Å²) in [6.45, 7) is 4.18. The Labute approximate surface area is 163 Å². The molecule has 7 heteroatoms. The summed E-state index contributed by atoms with van der Waals surface area (Å²) in [6.07, 6.45) is 3.50. The normalized spacial score (nSPS) is 15.3. The van der Waals surface area contributed by atoms with Crippen molar-refractivity contribution in [2.75, 3.05) is 43.4 Å². The molecule has 6 nitrogen and oxygen atoms in total. The van der Waals surface area contributed by atoms with Crippen molar-refractivity contribution in [3.63, 3.8) is 0 Å². The van der Waals surface area contributed by atoms with Crippen molar-refractivity contribution in [2.24, 2.45) is 0 Å². The molecule has 1 aromatic carbocycles. The Morgan fingerprint density at radius 2 is 1.85 bits per heavy atom. The predicted molar refractivity (Wildman–Crippen MR) is 110 cm³/mol.